The molecule has 1 aliphatic rings. The van der Waals surface area contributed by atoms with Crippen LogP contribution < -0.4 is 20.1 Å². The van der Waals surface area contributed by atoms with Crippen molar-refractivity contribution in [2.45, 2.75) is 19.8 Å². The second-order valence-electron chi connectivity index (χ2n) is 6.31. The van der Waals surface area contributed by atoms with Crippen LogP contribution in [0.1, 0.15) is 30.1 Å². The molecule has 2 N–H and O–H groups in total. The molecular weight excluding hydrogens is 334 g/mol. The minimum absolute atomic E-state index is 0.0273. The summed E-state index contributed by atoms with van der Waals surface area (Å²) >= 11 is 0. The van der Waals surface area contributed by atoms with Crippen molar-refractivity contribution in [2.75, 3.05) is 46.9 Å². The van der Waals surface area contributed by atoms with Crippen LogP contribution in [0, 0.1) is 5.92 Å². The lowest BCUT2D eigenvalue weighted by Gasteiger charge is -2.31. The highest BCUT2D eigenvalue weighted by Gasteiger charge is 2.28. The van der Waals surface area contributed by atoms with E-state index in [1.807, 2.05) is 6.92 Å². The van der Waals surface area contributed by atoms with Crippen LogP contribution in [0.3, 0.4) is 0 Å². The molecule has 7 heteroatoms. The number of nitrogens with one attached hydrogen (secondary N) is 2. The number of piperidine rings is 1. The van der Waals surface area contributed by atoms with Gasteiger partial charge in [0.25, 0.3) is 5.91 Å². The van der Waals surface area contributed by atoms with Gasteiger partial charge in [-0.2, -0.15) is 0 Å². The van der Waals surface area contributed by atoms with E-state index < -0.39 is 0 Å². The third kappa shape index (κ3) is 5.36. The molecule has 1 saturated heterocycles. The predicted octanol–water partition coefficient (Wildman–Crippen LogP) is 1.28. The summed E-state index contributed by atoms with van der Waals surface area (Å²) in [6.45, 7) is 5.48. The van der Waals surface area contributed by atoms with Gasteiger partial charge in [0, 0.05) is 43.7 Å². The maximum Gasteiger partial charge on any atom is 0.254 e. The van der Waals surface area contributed by atoms with Crippen molar-refractivity contribution < 1.29 is 19.1 Å². The van der Waals surface area contributed by atoms with E-state index in [0.717, 1.165) is 13.1 Å². The van der Waals surface area contributed by atoms with Gasteiger partial charge in [-0.05, 0) is 31.5 Å². The third-order valence-electron chi connectivity index (χ3n) is 4.60. The number of carbonyl (C=O) groups is 2. The number of amides is 2. The van der Waals surface area contributed by atoms with Crippen LogP contribution in [-0.2, 0) is 4.79 Å². The van der Waals surface area contributed by atoms with Crippen LogP contribution in [0.15, 0.2) is 18.2 Å². The smallest absolute Gasteiger partial charge is 0.254 e. The molecule has 0 aromatic heterocycles. The summed E-state index contributed by atoms with van der Waals surface area (Å²) in [6, 6.07) is 5.16. The number of ether oxygens (including phenoxy) is 2. The fraction of sp³-hybridized carbons (Fsp3) is 0.579. The fourth-order valence-corrected chi connectivity index (χ4v) is 3.05. The number of methoxy groups -OCH3 is 2. The molecular formula is C19H29N3O4. The number of nitrogens with zero attached hydrogens (tertiary/aromatic N) is 1. The normalized spacial score (nSPS) is 14.8. The van der Waals surface area contributed by atoms with Crippen LogP contribution in [-0.4, -0.2) is 63.7 Å². The molecule has 7 nitrogen and oxygen atoms in total. The van der Waals surface area contributed by atoms with Crippen molar-refractivity contribution in [2.24, 2.45) is 5.92 Å². The molecule has 1 fully saturated rings. The molecule has 0 unspecified atom stereocenters. The van der Waals surface area contributed by atoms with E-state index in [1.54, 1.807) is 37.3 Å². The standard InChI is InChI=1S/C19H29N3O4/c1-4-20-7-8-21-18(23)14-5-9-22(10-6-14)19(24)15-11-16(25-2)13-17(12-15)26-3/h11-14,20H,4-10H2,1-3H3,(H,21,23). The maximum absolute atomic E-state index is 12.8. The van der Waals surface area contributed by atoms with Crippen LogP contribution in [0.25, 0.3) is 0 Å². The Hall–Kier alpha value is -2.28. The van der Waals surface area contributed by atoms with Gasteiger partial charge >= 0.3 is 0 Å². The highest BCUT2D eigenvalue weighted by molar-refractivity contribution is 5.95. The topological polar surface area (TPSA) is 79.9 Å². The van der Waals surface area contributed by atoms with Gasteiger partial charge in [-0.1, -0.05) is 6.92 Å². The zero-order chi connectivity index (χ0) is 18.9. The van der Waals surface area contributed by atoms with Gasteiger partial charge in [0.2, 0.25) is 5.91 Å². The van der Waals surface area contributed by atoms with E-state index in [-0.39, 0.29) is 17.7 Å². The molecule has 0 aliphatic carbocycles. The number of hydrogen-bond donors (Lipinski definition) is 2. The largest absolute Gasteiger partial charge is 0.497 e. The summed E-state index contributed by atoms with van der Waals surface area (Å²) in [6.07, 6.45) is 1.36. The second-order valence-corrected chi connectivity index (χ2v) is 6.31. The molecule has 26 heavy (non-hydrogen) atoms. The first kappa shape index (κ1) is 20.0. The third-order valence-corrected chi connectivity index (χ3v) is 4.60. The zero-order valence-corrected chi connectivity index (χ0v) is 15.8. The molecule has 2 amide bonds. The number of likely N-dealkylation sites (tertiary alicyclic amines) is 1. The maximum atomic E-state index is 12.8. The van der Waals surface area contributed by atoms with Gasteiger partial charge in [0.15, 0.2) is 0 Å². The highest BCUT2D eigenvalue weighted by Crippen LogP contribution is 2.25. The molecule has 1 aliphatic heterocycles. The molecule has 0 radical (unpaired) electrons. The van der Waals surface area contributed by atoms with E-state index >= 15 is 0 Å². The fourth-order valence-electron chi connectivity index (χ4n) is 3.05. The van der Waals surface area contributed by atoms with E-state index in [0.29, 0.717) is 49.5 Å². The van der Waals surface area contributed by atoms with Crippen molar-refractivity contribution >= 4 is 11.8 Å². The van der Waals surface area contributed by atoms with Gasteiger partial charge in [-0.15, -0.1) is 0 Å². The lowest BCUT2D eigenvalue weighted by Crippen LogP contribution is -2.44. The first-order valence-corrected chi connectivity index (χ1v) is 9.09. The average molecular weight is 363 g/mol. The minimum atomic E-state index is -0.0618. The lowest BCUT2D eigenvalue weighted by atomic mass is 9.95. The van der Waals surface area contributed by atoms with Crippen molar-refractivity contribution in [3.63, 3.8) is 0 Å². The highest BCUT2D eigenvalue weighted by atomic mass is 16.5. The number of likely N-dealkylation sites (N-methyl/N-ethyl adjacent to an activating group) is 1. The van der Waals surface area contributed by atoms with E-state index in [2.05, 4.69) is 10.6 Å². The molecule has 1 aromatic carbocycles. The van der Waals surface area contributed by atoms with E-state index in [4.69, 9.17) is 9.47 Å². The molecule has 0 atom stereocenters. The first-order chi connectivity index (χ1) is 12.6. The number of rotatable bonds is 8. The second kappa shape index (κ2) is 10.0. The Kier molecular flexibility index (Phi) is 7.72. The van der Waals surface area contributed by atoms with E-state index in [9.17, 15) is 9.59 Å². The monoisotopic (exact) mass is 363 g/mol. The van der Waals surface area contributed by atoms with E-state index in [1.165, 1.54) is 0 Å². The molecule has 0 spiro atoms. The lowest BCUT2D eigenvalue weighted by molar-refractivity contribution is -0.126. The zero-order valence-electron chi connectivity index (χ0n) is 15.8. The Labute approximate surface area is 155 Å². The van der Waals surface area contributed by atoms with Crippen LogP contribution >= 0.6 is 0 Å². The molecule has 1 heterocycles. The Morgan fingerprint density at radius 3 is 2.23 bits per heavy atom. The molecule has 1 aromatic rings. The Morgan fingerprint density at radius 1 is 1.08 bits per heavy atom. The van der Waals surface area contributed by atoms with Gasteiger partial charge in [-0.25, -0.2) is 0 Å². The molecule has 144 valence electrons. The van der Waals surface area contributed by atoms with Crippen LogP contribution in [0.2, 0.25) is 0 Å². The predicted molar refractivity (Wildman–Crippen MR) is 99.7 cm³/mol. The van der Waals surface area contributed by atoms with Crippen molar-refractivity contribution in [3.8, 4) is 11.5 Å². The summed E-state index contributed by atoms with van der Waals surface area (Å²) in [5.74, 6) is 1.16. The van der Waals surface area contributed by atoms with Crippen molar-refractivity contribution in [1.29, 1.82) is 0 Å². The van der Waals surface area contributed by atoms with Crippen LogP contribution in [0.4, 0.5) is 0 Å². The Morgan fingerprint density at radius 2 is 1.69 bits per heavy atom. The number of hydrogen-bond acceptors (Lipinski definition) is 5. The molecule has 0 bridgehead atoms. The van der Waals surface area contributed by atoms with Crippen molar-refractivity contribution in [3.05, 3.63) is 23.8 Å². The van der Waals surface area contributed by atoms with Gasteiger partial charge in [0.05, 0.1) is 14.2 Å². The minimum Gasteiger partial charge on any atom is -0.497 e. The van der Waals surface area contributed by atoms with Crippen molar-refractivity contribution in [1.82, 2.24) is 15.5 Å². The van der Waals surface area contributed by atoms with Gasteiger partial charge in [-0.3, -0.25) is 9.59 Å². The van der Waals surface area contributed by atoms with Crippen LogP contribution in [0.5, 0.6) is 11.5 Å². The molecule has 0 saturated carbocycles. The summed E-state index contributed by atoms with van der Waals surface area (Å²) in [4.78, 5) is 26.8. The number of carbonyl (C=O) groups excluding carboxylic acids is 2. The summed E-state index contributed by atoms with van der Waals surface area (Å²) in [5.41, 5.74) is 0.537. The average Bonchev–Trinajstić information content (AvgIpc) is 2.70. The Bertz CT molecular complexity index is 591. The SMILES string of the molecule is CCNCCNC(=O)C1CCN(C(=O)c2cc(OC)cc(OC)c2)CC1. The number of benzene rings is 1. The summed E-state index contributed by atoms with van der Waals surface area (Å²) in [7, 11) is 3.12. The quantitative estimate of drug-likeness (QED) is 0.680. The first-order valence-electron chi connectivity index (χ1n) is 9.09. The molecule has 2 rings (SSSR count). The summed E-state index contributed by atoms with van der Waals surface area (Å²) < 4.78 is 10.5. The van der Waals surface area contributed by atoms with Gasteiger partial charge in [0.1, 0.15) is 11.5 Å². The summed E-state index contributed by atoms with van der Waals surface area (Å²) in [5, 5.41) is 6.13. The van der Waals surface area contributed by atoms with Gasteiger partial charge < -0.3 is 25.0 Å². The Balaban J connectivity index is 1.89.